The SMILES string of the molecule is NC(=O)c1ccccc1-c1nccc(Nc2ccccc2N)n1. The Morgan fingerprint density at radius 2 is 1.74 bits per heavy atom. The Labute approximate surface area is 133 Å². The molecule has 0 aliphatic heterocycles. The third-order valence-electron chi connectivity index (χ3n) is 3.31. The van der Waals surface area contributed by atoms with Gasteiger partial charge in [0.05, 0.1) is 16.9 Å². The van der Waals surface area contributed by atoms with E-state index in [9.17, 15) is 4.79 Å². The Balaban J connectivity index is 1.98. The van der Waals surface area contributed by atoms with E-state index in [-0.39, 0.29) is 0 Å². The highest BCUT2D eigenvalue weighted by Crippen LogP contribution is 2.24. The van der Waals surface area contributed by atoms with Crippen LogP contribution in [0.1, 0.15) is 10.4 Å². The van der Waals surface area contributed by atoms with E-state index in [2.05, 4.69) is 15.3 Å². The lowest BCUT2D eigenvalue weighted by molar-refractivity contribution is 0.100. The van der Waals surface area contributed by atoms with Gasteiger partial charge >= 0.3 is 0 Å². The average Bonchev–Trinajstić information content (AvgIpc) is 2.57. The fraction of sp³-hybridized carbons (Fsp3) is 0. The zero-order valence-corrected chi connectivity index (χ0v) is 12.2. The lowest BCUT2D eigenvalue weighted by Gasteiger charge is -2.10. The number of anilines is 3. The molecular weight excluding hydrogens is 290 g/mol. The number of primary amides is 1. The first kappa shape index (κ1) is 14.5. The Bertz CT molecular complexity index is 863. The summed E-state index contributed by atoms with van der Waals surface area (Å²) in [5.74, 6) is 0.473. The van der Waals surface area contributed by atoms with Crippen molar-refractivity contribution in [3.05, 3.63) is 66.4 Å². The maximum absolute atomic E-state index is 11.6. The predicted octanol–water partition coefficient (Wildman–Crippen LogP) is 2.57. The fourth-order valence-electron chi connectivity index (χ4n) is 2.20. The van der Waals surface area contributed by atoms with E-state index in [4.69, 9.17) is 11.5 Å². The van der Waals surface area contributed by atoms with Crippen LogP contribution < -0.4 is 16.8 Å². The second-order valence-electron chi connectivity index (χ2n) is 4.89. The minimum Gasteiger partial charge on any atom is -0.397 e. The van der Waals surface area contributed by atoms with Crippen molar-refractivity contribution in [3.63, 3.8) is 0 Å². The molecule has 0 aliphatic carbocycles. The molecule has 0 saturated heterocycles. The average molecular weight is 305 g/mol. The van der Waals surface area contributed by atoms with Crippen molar-refractivity contribution in [2.24, 2.45) is 5.73 Å². The second kappa shape index (κ2) is 6.15. The van der Waals surface area contributed by atoms with Gasteiger partial charge in [-0.05, 0) is 24.3 Å². The molecule has 3 rings (SSSR count). The molecule has 1 amide bonds. The molecule has 0 saturated carbocycles. The molecule has 1 aromatic heterocycles. The number of rotatable bonds is 4. The van der Waals surface area contributed by atoms with Crippen LogP contribution in [0.5, 0.6) is 0 Å². The molecule has 0 fully saturated rings. The van der Waals surface area contributed by atoms with Gasteiger partial charge in [0, 0.05) is 11.8 Å². The largest absolute Gasteiger partial charge is 0.397 e. The summed E-state index contributed by atoms with van der Waals surface area (Å²) in [6.07, 6.45) is 1.61. The van der Waals surface area contributed by atoms with Gasteiger partial charge in [0.1, 0.15) is 5.82 Å². The van der Waals surface area contributed by atoms with Crippen molar-refractivity contribution < 1.29 is 4.79 Å². The number of carbonyl (C=O) groups is 1. The summed E-state index contributed by atoms with van der Waals surface area (Å²) in [6, 6.07) is 16.1. The van der Waals surface area contributed by atoms with E-state index in [0.29, 0.717) is 28.5 Å². The van der Waals surface area contributed by atoms with Gasteiger partial charge in [-0.25, -0.2) is 9.97 Å². The Morgan fingerprint density at radius 1 is 1.00 bits per heavy atom. The highest BCUT2D eigenvalue weighted by molar-refractivity contribution is 5.99. The molecule has 0 aliphatic rings. The lowest BCUT2D eigenvalue weighted by atomic mass is 10.1. The van der Waals surface area contributed by atoms with Crippen LogP contribution in [-0.2, 0) is 0 Å². The third-order valence-corrected chi connectivity index (χ3v) is 3.31. The van der Waals surface area contributed by atoms with Gasteiger partial charge < -0.3 is 16.8 Å². The van der Waals surface area contributed by atoms with Gasteiger partial charge in [-0.15, -0.1) is 0 Å². The first-order valence-electron chi connectivity index (χ1n) is 6.99. The number of nitrogens with two attached hydrogens (primary N) is 2. The third kappa shape index (κ3) is 3.11. The quantitative estimate of drug-likeness (QED) is 0.642. The van der Waals surface area contributed by atoms with Gasteiger partial charge in [0.15, 0.2) is 5.82 Å². The maximum atomic E-state index is 11.6. The highest BCUT2D eigenvalue weighted by atomic mass is 16.1. The molecule has 23 heavy (non-hydrogen) atoms. The molecular formula is C17H15N5O. The summed E-state index contributed by atoms with van der Waals surface area (Å²) in [6.45, 7) is 0. The van der Waals surface area contributed by atoms with Crippen LogP contribution in [-0.4, -0.2) is 15.9 Å². The number of nitrogens with zero attached hydrogens (tertiary/aromatic N) is 2. The molecule has 0 radical (unpaired) electrons. The van der Waals surface area contributed by atoms with E-state index in [1.807, 2.05) is 18.2 Å². The lowest BCUT2D eigenvalue weighted by Crippen LogP contribution is -2.12. The summed E-state index contributed by atoms with van der Waals surface area (Å²) in [4.78, 5) is 20.2. The van der Waals surface area contributed by atoms with Crippen LogP contribution in [0, 0.1) is 0 Å². The number of para-hydroxylation sites is 2. The van der Waals surface area contributed by atoms with Gasteiger partial charge in [-0.3, -0.25) is 4.79 Å². The Kier molecular flexibility index (Phi) is 3.88. The summed E-state index contributed by atoms with van der Waals surface area (Å²) < 4.78 is 0. The molecule has 114 valence electrons. The number of nitrogens with one attached hydrogen (secondary N) is 1. The molecule has 0 atom stereocenters. The van der Waals surface area contributed by atoms with E-state index in [0.717, 1.165) is 5.69 Å². The van der Waals surface area contributed by atoms with E-state index in [1.54, 1.807) is 42.6 Å². The minimum atomic E-state index is -0.519. The molecule has 0 bridgehead atoms. The molecule has 6 nitrogen and oxygen atoms in total. The first-order valence-corrected chi connectivity index (χ1v) is 6.99. The molecule has 6 heteroatoms. The van der Waals surface area contributed by atoms with Gasteiger partial charge in [-0.2, -0.15) is 0 Å². The molecule has 2 aromatic carbocycles. The Morgan fingerprint density at radius 3 is 2.52 bits per heavy atom. The van der Waals surface area contributed by atoms with Crippen LogP contribution in [0.25, 0.3) is 11.4 Å². The molecule has 0 unspecified atom stereocenters. The van der Waals surface area contributed by atoms with Crippen LogP contribution in [0.2, 0.25) is 0 Å². The number of benzene rings is 2. The number of carbonyl (C=O) groups excluding carboxylic acids is 1. The monoisotopic (exact) mass is 305 g/mol. The van der Waals surface area contributed by atoms with Crippen molar-refractivity contribution in [1.82, 2.24) is 9.97 Å². The molecule has 3 aromatic rings. The molecule has 0 spiro atoms. The normalized spacial score (nSPS) is 10.3. The zero-order valence-electron chi connectivity index (χ0n) is 12.2. The minimum absolute atomic E-state index is 0.379. The zero-order chi connectivity index (χ0) is 16.2. The van der Waals surface area contributed by atoms with Crippen LogP contribution in [0.4, 0.5) is 17.2 Å². The number of hydrogen-bond donors (Lipinski definition) is 3. The van der Waals surface area contributed by atoms with Gasteiger partial charge in [0.2, 0.25) is 5.91 Å². The van der Waals surface area contributed by atoms with Crippen LogP contribution in [0.3, 0.4) is 0 Å². The fourth-order valence-corrected chi connectivity index (χ4v) is 2.20. The summed E-state index contributed by atoms with van der Waals surface area (Å²) in [5.41, 5.74) is 13.7. The van der Waals surface area contributed by atoms with Crippen molar-refractivity contribution in [2.45, 2.75) is 0 Å². The number of amides is 1. The van der Waals surface area contributed by atoms with E-state index < -0.39 is 5.91 Å². The van der Waals surface area contributed by atoms with Gasteiger partial charge in [-0.1, -0.05) is 30.3 Å². The second-order valence-corrected chi connectivity index (χ2v) is 4.89. The summed E-state index contributed by atoms with van der Waals surface area (Å²) in [5, 5.41) is 3.14. The smallest absolute Gasteiger partial charge is 0.249 e. The van der Waals surface area contributed by atoms with Crippen molar-refractivity contribution in [1.29, 1.82) is 0 Å². The topological polar surface area (TPSA) is 107 Å². The molecule has 1 heterocycles. The van der Waals surface area contributed by atoms with Crippen LogP contribution in [0.15, 0.2) is 60.8 Å². The standard InChI is InChI=1S/C17H15N5O/c18-13-7-3-4-8-14(13)21-15-9-10-20-17(22-15)12-6-2-1-5-11(12)16(19)23/h1-10H,18H2,(H2,19,23)(H,20,21,22). The van der Waals surface area contributed by atoms with E-state index in [1.165, 1.54) is 0 Å². The van der Waals surface area contributed by atoms with Crippen molar-refractivity contribution >= 4 is 23.1 Å². The van der Waals surface area contributed by atoms with E-state index >= 15 is 0 Å². The summed E-state index contributed by atoms with van der Waals surface area (Å²) in [7, 11) is 0. The Hall–Kier alpha value is -3.41. The summed E-state index contributed by atoms with van der Waals surface area (Å²) >= 11 is 0. The number of hydrogen-bond acceptors (Lipinski definition) is 5. The number of aromatic nitrogens is 2. The predicted molar refractivity (Wildman–Crippen MR) is 90.1 cm³/mol. The van der Waals surface area contributed by atoms with Crippen molar-refractivity contribution in [3.8, 4) is 11.4 Å². The van der Waals surface area contributed by atoms with Crippen LogP contribution >= 0.6 is 0 Å². The number of nitrogen functional groups attached to an aromatic ring is 1. The first-order chi connectivity index (χ1) is 11.1. The van der Waals surface area contributed by atoms with Gasteiger partial charge in [0.25, 0.3) is 0 Å². The van der Waals surface area contributed by atoms with Crippen molar-refractivity contribution in [2.75, 3.05) is 11.1 Å². The molecule has 5 N–H and O–H groups in total. The highest BCUT2D eigenvalue weighted by Gasteiger charge is 2.12. The maximum Gasteiger partial charge on any atom is 0.249 e.